The number of aryl methyl sites for hydroxylation is 1. The predicted octanol–water partition coefficient (Wildman–Crippen LogP) is 3.82. The summed E-state index contributed by atoms with van der Waals surface area (Å²) in [4.78, 5) is 0. The summed E-state index contributed by atoms with van der Waals surface area (Å²) >= 11 is 0. The lowest BCUT2D eigenvalue weighted by Crippen LogP contribution is -2.13. The number of ether oxygens (including phenoxy) is 1. The molecule has 0 saturated carbocycles. The van der Waals surface area contributed by atoms with Crippen LogP contribution in [0.5, 0.6) is 5.75 Å². The van der Waals surface area contributed by atoms with E-state index >= 15 is 0 Å². The predicted molar refractivity (Wildman–Crippen MR) is 60.8 cm³/mol. The fraction of sp³-hybridized carbons (Fsp3) is 0.538. The van der Waals surface area contributed by atoms with Crippen LogP contribution in [0, 0.1) is 0 Å². The van der Waals surface area contributed by atoms with Gasteiger partial charge < -0.3 is 4.74 Å². The van der Waals surface area contributed by atoms with Crippen molar-refractivity contribution < 1.29 is 4.74 Å². The van der Waals surface area contributed by atoms with Gasteiger partial charge in [-0.2, -0.15) is 0 Å². The normalized spacial score (nSPS) is 10.6. The third-order valence-electron chi connectivity index (χ3n) is 2.52. The van der Waals surface area contributed by atoms with Crippen molar-refractivity contribution in [2.45, 2.75) is 46.1 Å². The van der Waals surface area contributed by atoms with Gasteiger partial charge in [-0.3, -0.25) is 0 Å². The molecule has 1 heteroatoms. The molecular formula is C13H20O. The Balaban J connectivity index is 2.65. The minimum atomic E-state index is 0.363. The second-order valence-electron chi connectivity index (χ2n) is 3.56. The molecule has 0 heterocycles. The lowest BCUT2D eigenvalue weighted by Gasteiger charge is -2.15. The van der Waals surface area contributed by atoms with Crippen molar-refractivity contribution in [3.8, 4) is 5.75 Å². The molecule has 1 nitrogen and oxygen atoms in total. The minimum absolute atomic E-state index is 0.363. The second-order valence-corrected chi connectivity index (χ2v) is 3.56. The summed E-state index contributed by atoms with van der Waals surface area (Å²) in [5.74, 6) is 1.01. The lowest BCUT2D eigenvalue weighted by atomic mass is 10.1. The quantitative estimate of drug-likeness (QED) is 0.689. The molecule has 0 aliphatic rings. The Morgan fingerprint density at radius 2 is 1.86 bits per heavy atom. The largest absolute Gasteiger partial charge is 0.490 e. The molecule has 1 aromatic rings. The Bertz CT molecular complexity index is 264. The third kappa shape index (κ3) is 3.06. The van der Waals surface area contributed by atoms with E-state index in [0.717, 1.165) is 25.0 Å². The van der Waals surface area contributed by atoms with Crippen molar-refractivity contribution in [1.82, 2.24) is 0 Å². The summed E-state index contributed by atoms with van der Waals surface area (Å²) in [7, 11) is 0. The van der Waals surface area contributed by atoms with Crippen molar-refractivity contribution in [1.29, 1.82) is 0 Å². The molecule has 0 amide bonds. The zero-order chi connectivity index (χ0) is 10.4. The fourth-order valence-corrected chi connectivity index (χ4v) is 1.49. The van der Waals surface area contributed by atoms with Gasteiger partial charge in [-0.05, 0) is 37.0 Å². The molecular weight excluding hydrogens is 172 g/mol. The fourth-order valence-electron chi connectivity index (χ4n) is 1.49. The van der Waals surface area contributed by atoms with Crippen LogP contribution in [0.1, 0.15) is 39.2 Å². The maximum Gasteiger partial charge on any atom is 0.119 e. The smallest absolute Gasteiger partial charge is 0.119 e. The molecule has 0 radical (unpaired) electrons. The van der Waals surface area contributed by atoms with Gasteiger partial charge in [0.15, 0.2) is 0 Å². The summed E-state index contributed by atoms with van der Waals surface area (Å²) in [6, 6.07) is 8.38. The summed E-state index contributed by atoms with van der Waals surface area (Å²) in [6.45, 7) is 6.49. The molecule has 14 heavy (non-hydrogen) atoms. The van der Waals surface area contributed by atoms with E-state index in [1.165, 1.54) is 5.56 Å². The van der Waals surface area contributed by atoms with Gasteiger partial charge in [0, 0.05) is 0 Å². The van der Waals surface area contributed by atoms with Gasteiger partial charge >= 0.3 is 0 Å². The molecule has 0 spiro atoms. The highest BCUT2D eigenvalue weighted by molar-refractivity contribution is 5.28. The molecule has 0 saturated heterocycles. The van der Waals surface area contributed by atoms with E-state index in [0.29, 0.717) is 6.10 Å². The first-order valence-electron chi connectivity index (χ1n) is 5.55. The molecule has 0 aromatic heterocycles. The van der Waals surface area contributed by atoms with E-state index in [4.69, 9.17) is 4.74 Å². The maximum atomic E-state index is 5.86. The third-order valence-corrected chi connectivity index (χ3v) is 2.52. The topological polar surface area (TPSA) is 9.23 Å². The number of hydrogen-bond donors (Lipinski definition) is 0. The van der Waals surface area contributed by atoms with Gasteiger partial charge in [0.05, 0.1) is 6.10 Å². The molecule has 0 aliphatic heterocycles. The zero-order valence-electron chi connectivity index (χ0n) is 9.42. The van der Waals surface area contributed by atoms with Crippen LogP contribution in [-0.4, -0.2) is 6.10 Å². The average molecular weight is 192 g/mol. The summed E-state index contributed by atoms with van der Waals surface area (Å²) in [6.07, 6.45) is 3.59. The molecule has 0 atom stereocenters. The number of benzene rings is 1. The van der Waals surface area contributed by atoms with Crippen molar-refractivity contribution in [3.63, 3.8) is 0 Å². The van der Waals surface area contributed by atoms with E-state index in [-0.39, 0.29) is 0 Å². The Hall–Kier alpha value is -0.980. The van der Waals surface area contributed by atoms with Gasteiger partial charge in [0.2, 0.25) is 0 Å². The molecule has 0 fully saturated rings. The van der Waals surface area contributed by atoms with Crippen molar-refractivity contribution >= 4 is 0 Å². The standard InChI is InChI=1S/C13H20O/c1-4-11-8-7-9-13(10-11)14-12(5-2)6-3/h7-10,12H,4-6H2,1-3H3. The van der Waals surface area contributed by atoms with Crippen LogP contribution in [0.15, 0.2) is 24.3 Å². The van der Waals surface area contributed by atoms with Crippen molar-refractivity contribution in [2.24, 2.45) is 0 Å². The Morgan fingerprint density at radius 1 is 1.14 bits per heavy atom. The van der Waals surface area contributed by atoms with Crippen LogP contribution in [0.3, 0.4) is 0 Å². The Morgan fingerprint density at radius 3 is 2.43 bits per heavy atom. The minimum Gasteiger partial charge on any atom is -0.490 e. The van der Waals surface area contributed by atoms with Gasteiger partial charge in [-0.25, -0.2) is 0 Å². The first-order chi connectivity index (χ1) is 6.80. The highest BCUT2D eigenvalue weighted by Gasteiger charge is 2.04. The highest BCUT2D eigenvalue weighted by atomic mass is 16.5. The first-order valence-corrected chi connectivity index (χ1v) is 5.55. The lowest BCUT2D eigenvalue weighted by molar-refractivity contribution is 0.193. The maximum absolute atomic E-state index is 5.86. The molecule has 0 unspecified atom stereocenters. The van der Waals surface area contributed by atoms with Crippen LogP contribution < -0.4 is 4.74 Å². The molecule has 1 rings (SSSR count). The van der Waals surface area contributed by atoms with E-state index in [1.807, 2.05) is 6.07 Å². The van der Waals surface area contributed by atoms with E-state index < -0.39 is 0 Å². The molecule has 78 valence electrons. The first kappa shape index (κ1) is 11.1. The van der Waals surface area contributed by atoms with Gasteiger partial charge in [-0.1, -0.05) is 32.9 Å². The van der Waals surface area contributed by atoms with E-state index in [1.54, 1.807) is 0 Å². The van der Waals surface area contributed by atoms with Crippen molar-refractivity contribution in [3.05, 3.63) is 29.8 Å². The monoisotopic (exact) mass is 192 g/mol. The summed E-state index contributed by atoms with van der Waals surface area (Å²) < 4.78 is 5.86. The van der Waals surface area contributed by atoms with Crippen molar-refractivity contribution in [2.75, 3.05) is 0 Å². The van der Waals surface area contributed by atoms with E-state index in [9.17, 15) is 0 Å². The average Bonchev–Trinajstić information content (AvgIpc) is 2.26. The zero-order valence-corrected chi connectivity index (χ0v) is 9.42. The SMILES string of the molecule is CCc1cccc(OC(CC)CC)c1. The number of rotatable bonds is 5. The van der Waals surface area contributed by atoms with Crippen LogP contribution in [-0.2, 0) is 6.42 Å². The van der Waals surface area contributed by atoms with Gasteiger partial charge in [0.25, 0.3) is 0 Å². The number of hydrogen-bond acceptors (Lipinski definition) is 1. The van der Waals surface area contributed by atoms with Crippen LogP contribution in [0.25, 0.3) is 0 Å². The molecule has 0 N–H and O–H groups in total. The van der Waals surface area contributed by atoms with Gasteiger partial charge in [-0.15, -0.1) is 0 Å². The van der Waals surface area contributed by atoms with Gasteiger partial charge in [0.1, 0.15) is 5.75 Å². The second kappa shape index (κ2) is 5.69. The highest BCUT2D eigenvalue weighted by Crippen LogP contribution is 2.17. The van der Waals surface area contributed by atoms with E-state index in [2.05, 4.69) is 39.0 Å². The molecule has 0 bridgehead atoms. The van der Waals surface area contributed by atoms with Crippen LogP contribution in [0.4, 0.5) is 0 Å². The van der Waals surface area contributed by atoms with Crippen LogP contribution >= 0.6 is 0 Å². The van der Waals surface area contributed by atoms with Crippen LogP contribution in [0.2, 0.25) is 0 Å². The molecule has 0 aliphatic carbocycles. The summed E-state index contributed by atoms with van der Waals surface area (Å²) in [5.41, 5.74) is 1.34. The molecule has 1 aromatic carbocycles. The summed E-state index contributed by atoms with van der Waals surface area (Å²) in [5, 5.41) is 0. The Labute approximate surface area is 87.1 Å². The Kier molecular flexibility index (Phi) is 4.51.